The Morgan fingerprint density at radius 1 is 1.25 bits per heavy atom. The van der Waals surface area contributed by atoms with Crippen molar-refractivity contribution in [2.75, 3.05) is 19.7 Å². The maximum absolute atomic E-state index is 12.4. The van der Waals surface area contributed by atoms with Crippen LogP contribution in [0, 0.1) is 5.92 Å². The Balaban J connectivity index is 1.62. The van der Waals surface area contributed by atoms with Crippen molar-refractivity contribution in [3.63, 3.8) is 0 Å². The Kier molecular flexibility index (Phi) is 4.05. The molecule has 0 unspecified atom stereocenters. The highest BCUT2D eigenvalue weighted by Gasteiger charge is 2.25. The van der Waals surface area contributed by atoms with E-state index in [9.17, 15) is 4.79 Å². The molecule has 1 aliphatic carbocycles. The molecule has 110 valence electrons. The topological polar surface area (TPSA) is 58.4 Å². The van der Waals surface area contributed by atoms with Crippen LogP contribution in [0.3, 0.4) is 0 Å². The summed E-state index contributed by atoms with van der Waals surface area (Å²) >= 11 is 0. The fourth-order valence-corrected chi connectivity index (χ4v) is 3.30. The van der Waals surface area contributed by atoms with E-state index in [0.29, 0.717) is 17.7 Å². The van der Waals surface area contributed by atoms with Crippen molar-refractivity contribution in [1.29, 1.82) is 0 Å². The molecule has 2 heterocycles. The van der Waals surface area contributed by atoms with Crippen molar-refractivity contribution in [2.45, 2.75) is 44.6 Å². The quantitative estimate of drug-likeness (QED) is 0.917. The third kappa shape index (κ3) is 2.73. The number of likely N-dealkylation sites (tertiary alicyclic amines) is 1. The fourth-order valence-electron chi connectivity index (χ4n) is 3.30. The normalized spacial score (nSPS) is 21.6. The number of aliphatic hydroxyl groups is 1. The predicted molar refractivity (Wildman–Crippen MR) is 75.4 cm³/mol. The van der Waals surface area contributed by atoms with Gasteiger partial charge in [0.2, 0.25) is 0 Å². The van der Waals surface area contributed by atoms with E-state index in [-0.39, 0.29) is 12.5 Å². The summed E-state index contributed by atoms with van der Waals surface area (Å²) in [6, 6.07) is 2.33. The van der Waals surface area contributed by atoms with Gasteiger partial charge in [0.1, 0.15) is 5.69 Å². The minimum absolute atomic E-state index is 0.0399. The van der Waals surface area contributed by atoms with E-state index in [4.69, 9.17) is 5.11 Å². The average molecular weight is 277 g/mol. The van der Waals surface area contributed by atoms with Gasteiger partial charge in [-0.2, -0.15) is 5.10 Å². The number of nitrogens with zero attached hydrogens (tertiary/aromatic N) is 3. The molecule has 0 spiro atoms. The van der Waals surface area contributed by atoms with Crippen LogP contribution in [-0.2, 0) is 0 Å². The highest BCUT2D eigenvalue weighted by atomic mass is 16.3. The Morgan fingerprint density at radius 3 is 2.60 bits per heavy atom. The fraction of sp³-hybridized carbons (Fsp3) is 0.733. The number of amides is 1. The number of carbonyl (C=O) groups is 1. The minimum Gasteiger partial charge on any atom is -0.396 e. The van der Waals surface area contributed by atoms with Crippen LogP contribution in [0.4, 0.5) is 0 Å². The average Bonchev–Trinajstić information content (AvgIpc) is 3.17. The van der Waals surface area contributed by atoms with E-state index >= 15 is 0 Å². The molecule has 0 atom stereocenters. The zero-order valence-electron chi connectivity index (χ0n) is 11.9. The number of piperidine rings is 1. The summed E-state index contributed by atoms with van der Waals surface area (Å²) in [5, 5.41) is 13.6. The van der Waals surface area contributed by atoms with Crippen molar-refractivity contribution in [3.8, 4) is 0 Å². The zero-order chi connectivity index (χ0) is 13.9. The van der Waals surface area contributed by atoms with Crippen LogP contribution in [0.15, 0.2) is 12.3 Å². The molecule has 5 heteroatoms. The van der Waals surface area contributed by atoms with Gasteiger partial charge in [-0.3, -0.25) is 9.48 Å². The van der Waals surface area contributed by atoms with Crippen LogP contribution in [-0.4, -0.2) is 45.4 Å². The number of hydrogen-bond donors (Lipinski definition) is 1. The van der Waals surface area contributed by atoms with Crippen molar-refractivity contribution in [3.05, 3.63) is 18.0 Å². The second-order valence-corrected chi connectivity index (χ2v) is 6.04. The summed E-state index contributed by atoms with van der Waals surface area (Å²) in [6.07, 6.45) is 8.63. The Labute approximate surface area is 119 Å². The van der Waals surface area contributed by atoms with Crippen molar-refractivity contribution in [1.82, 2.24) is 14.7 Å². The van der Waals surface area contributed by atoms with Crippen molar-refractivity contribution in [2.24, 2.45) is 5.92 Å². The molecule has 1 saturated carbocycles. The lowest BCUT2D eigenvalue weighted by atomic mass is 9.98. The van der Waals surface area contributed by atoms with Crippen LogP contribution in [0.5, 0.6) is 0 Å². The summed E-state index contributed by atoms with van der Waals surface area (Å²) in [5.74, 6) is 0.397. The molecule has 0 radical (unpaired) electrons. The molecule has 3 rings (SSSR count). The predicted octanol–water partition coefficient (Wildman–Crippen LogP) is 1.84. The Morgan fingerprint density at radius 2 is 1.95 bits per heavy atom. The van der Waals surface area contributed by atoms with Gasteiger partial charge in [-0.05, 0) is 37.7 Å². The molecule has 5 nitrogen and oxygen atoms in total. The molecule has 1 aliphatic heterocycles. The first-order valence-corrected chi connectivity index (χ1v) is 7.73. The molecular formula is C15H23N3O2. The van der Waals surface area contributed by atoms with Crippen LogP contribution in [0.1, 0.15) is 55.1 Å². The van der Waals surface area contributed by atoms with Crippen LogP contribution < -0.4 is 0 Å². The lowest BCUT2D eigenvalue weighted by Crippen LogP contribution is -2.39. The molecule has 1 aromatic rings. The van der Waals surface area contributed by atoms with Gasteiger partial charge in [0.05, 0.1) is 6.04 Å². The third-order valence-electron chi connectivity index (χ3n) is 4.69. The second kappa shape index (κ2) is 5.95. The van der Waals surface area contributed by atoms with Crippen LogP contribution in [0.25, 0.3) is 0 Å². The van der Waals surface area contributed by atoms with E-state index in [0.717, 1.165) is 25.9 Å². The summed E-state index contributed by atoms with van der Waals surface area (Å²) in [7, 11) is 0. The van der Waals surface area contributed by atoms with Crippen molar-refractivity contribution < 1.29 is 9.90 Å². The number of aliphatic hydroxyl groups excluding tert-OH is 1. The Hall–Kier alpha value is -1.36. The molecule has 1 N–H and O–H groups in total. The molecular weight excluding hydrogens is 254 g/mol. The number of hydrogen-bond acceptors (Lipinski definition) is 3. The van der Waals surface area contributed by atoms with Gasteiger partial charge in [-0.1, -0.05) is 12.8 Å². The first-order chi connectivity index (χ1) is 9.78. The van der Waals surface area contributed by atoms with Gasteiger partial charge in [0.15, 0.2) is 0 Å². The molecule has 1 amide bonds. The standard InChI is InChI=1S/C15H23N3O2/c19-11-12-5-8-17(9-6-12)15(20)14-7-10-18(16-14)13-3-1-2-4-13/h7,10,12-13,19H,1-6,8-9,11H2. The second-order valence-electron chi connectivity index (χ2n) is 6.04. The van der Waals surface area contributed by atoms with Gasteiger partial charge in [0, 0.05) is 25.9 Å². The molecule has 1 aromatic heterocycles. The molecule has 2 aliphatic rings. The molecule has 2 fully saturated rings. The van der Waals surface area contributed by atoms with Gasteiger partial charge >= 0.3 is 0 Å². The molecule has 0 bridgehead atoms. The first kappa shape index (κ1) is 13.6. The zero-order valence-corrected chi connectivity index (χ0v) is 11.9. The van der Waals surface area contributed by atoms with Gasteiger partial charge in [0.25, 0.3) is 5.91 Å². The Bertz CT molecular complexity index is 457. The maximum Gasteiger partial charge on any atom is 0.274 e. The largest absolute Gasteiger partial charge is 0.396 e. The van der Waals surface area contributed by atoms with Crippen LogP contribution in [0.2, 0.25) is 0 Å². The molecule has 1 saturated heterocycles. The van der Waals surface area contributed by atoms with E-state index < -0.39 is 0 Å². The van der Waals surface area contributed by atoms with E-state index in [1.54, 1.807) is 0 Å². The summed E-state index contributed by atoms with van der Waals surface area (Å²) in [4.78, 5) is 14.3. The SMILES string of the molecule is O=C(c1ccn(C2CCCC2)n1)N1CCC(CO)CC1. The van der Waals surface area contributed by atoms with E-state index in [1.165, 1.54) is 25.7 Å². The van der Waals surface area contributed by atoms with E-state index in [2.05, 4.69) is 5.10 Å². The van der Waals surface area contributed by atoms with Crippen molar-refractivity contribution >= 4 is 5.91 Å². The van der Waals surface area contributed by atoms with Gasteiger partial charge in [-0.25, -0.2) is 0 Å². The molecule has 20 heavy (non-hydrogen) atoms. The number of aromatic nitrogens is 2. The number of rotatable bonds is 3. The summed E-state index contributed by atoms with van der Waals surface area (Å²) < 4.78 is 1.97. The summed E-state index contributed by atoms with van der Waals surface area (Å²) in [5.41, 5.74) is 0.569. The highest BCUT2D eigenvalue weighted by molar-refractivity contribution is 5.92. The van der Waals surface area contributed by atoms with E-state index in [1.807, 2.05) is 21.8 Å². The van der Waals surface area contributed by atoms with Gasteiger partial charge < -0.3 is 10.0 Å². The smallest absolute Gasteiger partial charge is 0.274 e. The highest BCUT2D eigenvalue weighted by Crippen LogP contribution is 2.29. The molecule has 0 aromatic carbocycles. The van der Waals surface area contributed by atoms with Gasteiger partial charge in [-0.15, -0.1) is 0 Å². The lowest BCUT2D eigenvalue weighted by molar-refractivity contribution is 0.0644. The lowest BCUT2D eigenvalue weighted by Gasteiger charge is -2.30. The monoisotopic (exact) mass is 277 g/mol. The summed E-state index contributed by atoms with van der Waals surface area (Å²) in [6.45, 7) is 1.71. The first-order valence-electron chi connectivity index (χ1n) is 7.73. The number of carbonyl (C=O) groups excluding carboxylic acids is 1. The minimum atomic E-state index is 0.0399. The van der Waals surface area contributed by atoms with Crippen LogP contribution >= 0.6 is 0 Å². The maximum atomic E-state index is 12.4. The third-order valence-corrected chi connectivity index (χ3v) is 4.69.